The van der Waals surface area contributed by atoms with E-state index in [4.69, 9.17) is 0 Å². The van der Waals surface area contributed by atoms with Crippen molar-refractivity contribution in [3.05, 3.63) is 0 Å². The standard InChI is InChI=1S/C13H24N2O.ClH/c16-13(15-12-8-9-14-10-12)11-6-4-2-1-3-5-7-11;/h11-12,14H,1-10H2,(H,15,16);1H. The molecule has 1 heterocycles. The van der Waals surface area contributed by atoms with Crippen molar-refractivity contribution in [1.82, 2.24) is 10.6 Å². The van der Waals surface area contributed by atoms with Gasteiger partial charge in [-0.25, -0.2) is 0 Å². The van der Waals surface area contributed by atoms with E-state index in [0.29, 0.717) is 17.9 Å². The highest BCUT2D eigenvalue weighted by Crippen LogP contribution is 2.22. The maximum absolute atomic E-state index is 12.1. The average Bonchev–Trinajstić information content (AvgIpc) is 2.69. The zero-order valence-corrected chi connectivity index (χ0v) is 11.4. The fourth-order valence-electron chi connectivity index (χ4n) is 2.82. The molecule has 2 aliphatic rings. The molecule has 0 aromatic heterocycles. The SMILES string of the molecule is Cl.O=C(NC1CCNC1)C1CCCCCCC1. The maximum Gasteiger partial charge on any atom is 0.223 e. The summed E-state index contributed by atoms with van der Waals surface area (Å²) >= 11 is 0. The summed E-state index contributed by atoms with van der Waals surface area (Å²) in [5.41, 5.74) is 0. The largest absolute Gasteiger partial charge is 0.352 e. The van der Waals surface area contributed by atoms with Crippen LogP contribution in [0.15, 0.2) is 0 Å². The molecular formula is C13H25ClN2O. The number of nitrogens with one attached hydrogen (secondary N) is 2. The molecule has 17 heavy (non-hydrogen) atoms. The lowest BCUT2D eigenvalue weighted by Crippen LogP contribution is -2.40. The summed E-state index contributed by atoms with van der Waals surface area (Å²) in [6.07, 6.45) is 9.77. The Bertz CT molecular complexity index is 221. The Morgan fingerprint density at radius 1 is 1.00 bits per heavy atom. The number of carbonyl (C=O) groups excluding carboxylic acids is 1. The molecule has 0 radical (unpaired) electrons. The van der Waals surface area contributed by atoms with Crippen molar-refractivity contribution in [2.24, 2.45) is 5.92 Å². The van der Waals surface area contributed by atoms with E-state index in [-0.39, 0.29) is 12.4 Å². The van der Waals surface area contributed by atoms with Crippen LogP contribution in [0.4, 0.5) is 0 Å². The van der Waals surface area contributed by atoms with Gasteiger partial charge in [0.1, 0.15) is 0 Å². The van der Waals surface area contributed by atoms with Crippen LogP contribution in [-0.2, 0) is 4.79 Å². The number of hydrogen-bond donors (Lipinski definition) is 2. The minimum absolute atomic E-state index is 0. The molecule has 1 amide bonds. The van der Waals surface area contributed by atoms with Crippen molar-refractivity contribution in [2.75, 3.05) is 13.1 Å². The fourth-order valence-corrected chi connectivity index (χ4v) is 2.82. The predicted octanol–water partition coefficient (Wildman–Crippen LogP) is 2.25. The summed E-state index contributed by atoms with van der Waals surface area (Å²) in [6, 6.07) is 0.387. The van der Waals surface area contributed by atoms with E-state index in [1.165, 1.54) is 32.1 Å². The summed E-state index contributed by atoms with van der Waals surface area (Å²) in [5.74, 6) is 0.608. The fraction of sp³-hybridized carbons (Fsp3) is 0.923. The Morgan fingerprint density at radius 2 is 1.65 bits per heavy atom. The number of amides is 1. The van der Waals surface area contributed by atoms with E-state index in [1.807, 2.05) is 0 Å². The predicted molar refractivity (Wildman–Crippen MR) is 72.5 cm³/mol. The summed E-state index contributed by atoms with van der Waals surface area (Å²) in [7, 11) is 0. The molecule has 4 heteroatoms. The first kappa shape index (κ1) is 14.8. The van der Waals surface area contributed by atoms with Crippen molar-refractivity contribution in [3.8, 4) is 0 Å². The zero-order chi connectivity index (χ0) is 11.2. The second-order valence-corrected chi connectivity index (χ2v) is 5.24. The van der Waals surface area contributed by atoms with E-state index >= 15 is 0 Å². The Morgan fingerprint density at radius 3 is 2.24 bits per heavy atom. The van der Waals surface area contributed by atoms with Crippen LogP contribution in [0.2, 0.25) is 0 Å². The first-order chi connectivity index (χ1) is 7.86. The van der Waals surface area contributed by atoms with Crippen molar-refractivity contribution in [1.29, 1.82) is 0 Å². The van der Waals surface area contributed by atoms with E-state index in [9.17, 15) is 4.79 Å². The van der Waals surface area contributed by atoms with E-state index < -0.39 is 0 Å². The van der Waals surface area contributed by atoms with Crippen molar-refractivity contribution >= 4 is 18.3 Å². The van der Waals surface area contributed by atoms with Gasteiger partial charge in [0.25, 0.3) is 0 Å². The van der Waals surface area contributed by atoms with Crippen LogP contribution in [-0.4, -0.2) is 25.0 Å². The highest BCUT2D eigenvalue weighted by atomic mass is 35.5. The van der Waals surface area contributed by atoms with Crippen LogP contribution in [0, 0.1) is 5.92 Å². The molecule has 0 aromatic rings. The highest BCUT2D eigenvalue weighted by molar-refractivity contribution is 5.85. The van der Waals surface area contributed by atoms with Gasteiger partial charge in [-0.3, -0.25) is 4.79 Å². The molecule has 1 saturated heterocycles. The smallest absolute Gasteiger partial charge is 0.223 e. The highest BCUT2D eigenvalue weighted by Gasteiger charge is 2.23. The molecule has 100 valence electrons. The third kappa shape index (κ3) is 4.84. The Balaban J connectivity index is 0.00000144. The van der Waals surface area contributed by atoms with Gasteiger partial charge in [-0.2, -0.15) is 0 Å². The van der Waals surface area contributed by atoms with Gasteiger partial charge in [-0.05, 0) is 25.8 Å². The minimum Gasteiger partial charge on any atom is -0.352 e. The first-order valence-electron chi connectivity index (χ1n) is 6.87. The van der Waals surface area contributed by atoms with Gasteiger partial charge in [0.15, 0.2) is 0 Å². The van der Waals surface area contributed by atoms with Gasteiger partial charge < -0.3 is 10.6 Å². The Hall–Kier alpha value is -0.280. The van der Waals surface area contributed by atoms with Crippen LogP contribution in [0.3, 0.4) is 0 Å². The molecule has 1 saturated carbocycles. The topological polar surface area (TPSA) is 41.1 Å². The third-order valence-corrected chi connectivity index (χ3v) is 3.88. The third-order valence-electron chi connectivity index (χ3n) is 3.88. The van der Waals surface area contributed by atoms with Gasteiger partial charge in [0.05, 0.1) is 0 Å². The minimum atomic E-state index is 0. The monoisotopic (exact) mass is 260 g/mol. The summed E-state index contributed by atoms with van der Waals surface area (Å²) < 4.78 is 0. The van der Waals surface area contributed by atoms with Gasteiger partial charge in [-0.15, -0.1) is 12.4 Å². The molecule has 2 rings (SSSR count). The summed E-state index contributed by atoms with van der Waals surface area (Å²) in [6.45, 7) is 2.01. The summed E-state index contributed by atoms with van der Waals surface area (Å²) in [5, 5.41) is 6.48. The maximum atomic E-state index is 12.1. The van der Waals surface area contributed by atoms with E-state index in [2.05, 4.69) is 10.6 Å². The molecule has 1 atom stereocenters. The lowest BCUT2D eigenvalue weighted by molar-refractivity contribution is -0.126. The quantitative estimate of drug-likeness (QED) is 0.800. The average molecular weight is 261 g/mol. The molecule has 0 bridgehead atoms. The van der Waals surface area contributed by atoms with Crippen LogP contribution < -0.4 is 10.6 Å². The van der Waals surface area contributed by atoms with Gasteiger partial charge >= 0.3 is 0 Å². The number of carbonyl (C=O) groups is 1. The molecule has 1 aliphatic heterocycles. The first-order valence-corrected chi connectivity index (χ1v) is 6.87. The Kier molecular flexibility index (Phi) is 6.90. The van der Waals surface area contributed by atoms with Crippen molar-refractivity contribution in [3.63, 3.8) is 0 Å². The normalized spacial score (nSPS) is 26.7. The number of halogens is 1. The van der Waals surface area contributed by atoms with Crippen LogP contribution in [0.1, 0.15) is 51.4 Å². The van der Waals surface area contributed by atoms with E-state index in [0.717, 1.165) is 32.4 Å². The molecule has 1 unspecified atom stereocenters. The summed E-state index contributed by atoms with van der Waals surface area (Å²) in [4.78, 5) is 12.1. The van der Waals surface area contributed by atoms with Gasteiger partial charge in [0.2, 0.25) is 5.91 Å². The zero-order valence-electron chi connectivity index (χ0n) is 10.5. The lowest BCUT2D eigenvalue weighted by atomic mass is 9.90. The molecular weight excluding hydrogens is 236 g/mol. The second-order valence-electron chi connectivity index (χ2n) is 5.24. The Labute approximate surface area is 111 Å². The van der Waals surface area contributed by atoms with Crippen LogP contribution in [0.25, 0.3) is 0 Å². The van der Waals surface area contributed by atoms with Crippen molar-refractivity contribution < 1.29 is 4.79 Å². The molecule has 3 nitrogen and oxygen atoms in total. The van der Waals surface area contributed by atoms with Crippen molar-refractivity contribution in [2.45, 2.75) is 57.4 Å². The molecule has 0 spiro atoms. The molecule has 2 N–H and O–H groups in total. The number of rotatable bonds is 2. The van der Waals surface area contributed by atoms with Crippen LogP contribution >= 0.6 is 12.4 Å². The number of hydrogen-bond acceptors (Lipinski definition) is 2. The molecule has 0 aromatic carbocycles. The second kappa shape index (κ2) is 7.93. The van der Waals surface area contributed by atoms with E-state index in [1.54, 1.807) is 0 Å². The molecule has 1 aliphatic carbocycles. The lowest BCUT2D eigenvalue weighted by Gasteiger charge is -2.21. The van der Waals surface area contributed by atoms with Gasteiger partial charge in [0, 0.05) is 18.5 Å². The van der Waals surface area contributed by atoms with Gasteiger partial charge in [-0.1, -0.05) is 32.1 Å². The van der Waals surface area contributed by atoms with Crippen LogP contribution in [0.5, 0.6) is 0 Å². The molecule has 2 fully saturated rings.